The highest BCUT2D eigenvalue weighted by Gasteiger charge is 2.58. The molecule has 4 rings (SSSR count). The zero-order chi connectivity index (χ0) is 21.1. The molecule has 2 aliphatic rings. The fraction of sp³-hybridized carbons (Fsp3) is 0.458. The number of nitrogens with one attached hydrogen (secondary N) is 1. The first-order chi connectivity index (χ1) is 14.5. The third-order valence-corrected chi connectivity index (χ3v) is 6.37. The summed E-state index contributed by atoms with van der Waals surface area (Å²) in [5, 5.41) is 3.04. The number of likely N-dealkylation sites (tertiary alicyclic amines) is 1. The monoisotopic (exact) mass is 407 g/mol. The largest absolute Gasteiger partial charge is 0.481 e. The van der Waals surface area contributed by atoms with E-state index in [4.69, 9.17) is 4.74 Å². The van der Waals surface area contributed by atoms with Crippen LogP contribution in [0.15, 0.2) is 48.5 Å². The van der Waals surface area contributed by atoms with E-state index < -0.39 is 6.10 Å². The van der Waals surface area contributed by atoms with Crippen LogP contribution in [0.2, 0.25) is 0 Å². The molecule has 6 heteroatoms. The topological polar surface area (TPSA) is 71.5 Å². The molecule has 1 saturated heterocycles. The zero-order valence-corrected chi connectivity index (χ0v) is 17.6. The summed E-state index contributed by atoms with van der Waals surface area (Å²) < 4.78 is 5.78. The predicted molar refractivity (Wildman–Crippen MR) is 114 cm³/mol. The summed E-state index contributed by atoms with van der Waals surface area (Å²) in [6.45, 7) is 5.58. The Bertz CT molecular complexity index is 907. The van der Waals surface area contributed by atoms with Crippen molar-refractivity contribution in [1.29, 1.82) is 0 Å². The van der Waals surface area contributed by atoms with Crippen LogP contribution in [0, 0.1) is 18.3 Å². The third kappa shape index (κ3) is 4.48. The van der Waals surface area contributed by atoms with Gasteiger partial charge in [-0.2, -0.15) is 0 Å². The van der Waals surface area contributed by atoms with Crippen molar-refractivity contribution in [2.24, 2.45) is 11.3 Å². The molecule has 0 radical (unpaired) electrons. The van der Waals surface area contributed by atoms with Gasteiger partial charge in [-0.25, -0.2) is 0 Å². The number of hydrogen-bond acceptors (Lipinski definition) is 4. The maximum atomic E-state index is 12.8. The number of aromatic nitrogens is 1. The summed E-state index contributed by atoms with van der Waals surface area (Å²) in [6.07, 6.45) is 2.15. The first kappa shape index (κ1) is 20.4. The molecule has 158 valence electrons. The van der Waals surface area contributed by atoms with E-state index in [2.05, 4.69) is 10.3 Å². The van der Waals surface area contributed by atoms with Gasteiger partial charge >= 0.3 is 0 Å². The molecule has 2 amide bonds. The molecular weight excluding hydrogens is 378 g/mol. The summed E-state index contributed by atoms with van der Waals surface area (Å²) in [5.74, 6) is 0.881. The minimum absolute atomic E-state index is 0.0147. The molecule has 1 aliphatic heterocycles. The number of nitrogens with zero attached hydrogens (tertiary/aromatic N) is 2. The van der Waals surface area contributed by atoms with E-state index in [0.29, 0.717) is 25.4 Å². The van der Waals surface area contributed by atoms with Gasteiger partial charge in [0, 0.05) is 24.7 Å². The fourth-order valence-electron chi connectivity index (χ4n) is 4.45. The van der Waals surface area contributed by atoms with Gasteiger partial charge in [-0.15, -0.1) is 0 Å². The number of aryl methyl sites for hydroxylation is 1. The first-order valence-electron chi connectivity index (χ1n) is 10.7. The van der Waals surface area contributed by atoms with Crippen LogP contribution in [0.5, 0.6) is 5.75 Å². The van der Waals surface area contributed by atoms with Gasteiger partial charge in [-0.1, -0.05) is 24.3 Å². The van der Waals surface area contributed by atoms with Crippen LogP contribution in [0.1, 0.15) is 37.6 Å². The molecule has 6 nitrogen and oxygen atoms in total. The van der Waals surface area contributed by atoms with Crippen LogP contribution in [0.3, 0.4) is 0 Å². The molecule has 2 atom stereocenters. The summed E-state index contributed by atoms with van der Waals surface area (Å²) in [5.41, 5.74) is 1.89. The molecule has 1 N–H and O–H groups in total. The Balaban J connectivity index is 1.24. The Morgan fingerprint density at radius 2 is 1.90 bits per heavy atom. The van der Waals surface area contributed by atoms with E-state index in [-0.39, 0.29) is 23.1 Å². The summed E-state index contributed by atoms with van der Waals surface area (Å²) in [7, 11) is 0. The van der Waals surface area contributed by atoms with E-state index >= 15 is 0 Å². The fourth-order valence-corrected chi connectivity index (χ4v) is 4.45. The molecule has 1 aromatic heterocycles. The molecule has 1 aromatic carbocycles. The second-order valence-electron chi connectivity index (χ2n) is 8.51. The molecule has 30 heavy (non-hydrogen) atoms. The highest BCUT2D eigenvalue weighted by molar-refractivity contribution is 5.83. The summed E-state index contributed by atoms with van der Waals surface area (Å²) in [4.78, 5) is 31.7. The number of ether oxygens (including phenoxy) is 1. The average molecular weight is 408 g/mol. The van der Waals surface area contributed by atoms with Crippen molar-refractivity contribution in [3.8, 4) is 5.75 Å². The Labute approximate surface area is 177 Å². The Morgan fingerprint density at radius 3 is 2.60 bits per heavy atom. The van der Waals surface area contributed by atoms with E-state index in [9.17, 15) is 9.59 Å². The van der Waals surface area contributed by atoms with Crippen molar-refractivity contribution in [2.75, 3.05) is 13.1 Å². The molecule has 2 fully saturated rings. The molecule has 0 unspecified atom stereocenters. The van der Waals surface area contributed by atoms with Gasteiger partial charge in [0.2, 0.25) is 5.91 Å². The molecule has 1 aliphatic carbocycles. The molecule has 1 saturated carbocycles. The van der Waals surface area contributed by atoms with E-state index in [1.54, 1.807) is 6.92 Å². The van der Waals surface area contributed by atoms with E-state index in [0.717, 1.165) is 30.7 Å². The van der Waals surface area contributed by atoms with Gasteiger partial charge in [0.25, 0.3) is 5.91 Å². The van der Waals surface area contributed by atoms with Gasteiger partial charge in [0.1, 0.15) is 5.75 Å². The lowest BCUT2D eigenvalue weighted by Gasteiger charge is -2.34. The first-order valence-corrected chi connectivity index (χ1v) is 10.7. The van der Waals surface area contributed by atoms with Crippen LogP contribution in [-0.2, 0) is 16.1 Å². The van der Waals surface area contributed by atoms with E-state index in [1.165, 1.54) is 0 Å². The normalized spacial score (nSPS) is 20.5. The van der Waals surface area contributed by atoms with Crippen molar-refractivity contribution in [2.45, 2.75) is 45.8 Å². The Hall–Kier alpha value is -2.89. The van der Waals surface area contributed by atoms with E-state index in [1.807, 2.05) is 60.4 Å². The van der Waals surface area contributed by atoms with Gasteiger partial charge in [0.05, 0.1) is 12.2 Å². The minimum Gasteiger partial charge on any atom is -0.481 e. The van der Waals surface area contributed by atoms with Crippen LogP contribution in [0.25, 0.3) is 0 Å². The molecular formula is C24H29N3O3. The average Bonchev–Trinajstić information content (AvgIpc) is 3.46. The highest BCUT2D eigenvalue weighted by atomic mass is 16.5. The lowest BCUT2D eigenvalue weighted by atomic mass is 9.90. The van der Waals surface area contributed by atoms with Crippen molar-refractivity contribution in [3.05, 3.63) is 59.9 Å². The number of benzene rings is 1. The summed E-state index contributed by atoms with van der Waals surface area (Å²) >= 11 is 0. The molecule has 0 bridgehead atoms. The Morgan fingerprint density at radius 1 is 1.17 bits per heavy atom. The number of carbonyl (C=O) groups is 2. The van der Waals surface area contributed by atoms with Crippen molar-refractivity contribution >= 4 is 11.8 Å². The second kappa shape index (κ2) is 8.46. The number of carbonyl (C=O) groups excluding carboxylic acids is 2. The third-order valence-electron chi connectivity index (χ3n) is 6.37. The van der Waals surface area contributed by atoms with Crippen molar-refractivity contribution in [3.63, 3.8) is 0 Å². The van der Waals surface area contributed by atoms with Gasteiger partial charge in [0.15, 0.2) is 6.10 Å². The molecule has 1 spiro atoms. The number of amides is 2. The smallest absolute Gasteiger partial charge is 0.263 e. The van der Waals surface area contributed by atoms with Crippen molar-refractivity contribution < 1.29 is 14.3 Å². The maximum Gasteiger partial charge on any atom is 0.263 e. The van der Waals surface area contributed by atoms with Gasteiger partial charge < -0.3 is 15.0 Å². The molecule has 2 heterocycles. The standard InChI is InChI=1S/C24H29N3O3/c1-17-7-6-8-19(26-17)16-25-22(28)21-15-24(21)11-13-27(14-12-24)23(29)18(2)30-20-9-4-3-5-10-20/h3-10,18,21H,11-16H2,1-2H3,(H,25,28)/t18-,21+/m1/s1. The number of pyridine rings is 1. The zero-order valence-electron chi connectivity index (χ0n) is 17.6. The maximum absolute atomic E-state index is 12.8. The number of para-hydroxylation sites is 1. The summed E-state index contributed by atoms with van der Waals surface area (Å²) in [6, 6.07) is 15.2. The lowest BCUT2D eigenvalue weighted by Crippen LogP contribution is -2.45. The van der Waals surface area contributed by atoms with Crippen LogP contribution < -0.4 is 10.1 Å². The van der Waals surface area contributed by atoms with Gasteiger partial charge in [-0.05, 0) is 62.8 Å². The predicted octanol–water partition coefficient (Wildman–Crippen LogP) is 3.10. The second-order valence-corrected chi connectivity index (χ2v) is 8.51. The quantitative estimate of drug-likeness (QED) is 0.799. The van der Waals surface area contributed by atoms with Gasteiger partial charge in [-0.3, -0.25) is 14.6 Å². The number of hydrogen-bond donors (Lipinski definition) is 1. The highest BCUT2D eigenvalue weighted by Crippen LogP contribution is 2.59. The SMILES string of the molecule is Cc1cccc(CNC(=O)[C@@H]2CC23CCN(C(=O)[C@@H](C)Oc2ccccc2)CC3)n1. The molecule has 2 aromatic rings. The van der Waals surface area contributed by atoms with Crippen LogP contribution >= 0.6 is 0 Å². The van der Waals surface area contributed by atoms with Crippen LogP contribution in [0.4, 0.5) is 0 Å². The van der Waals surface area contributed by atoms with Crippen LogP contribution in [-0.4, -0.2) is 40.9 Å². The minimum atomic E-state index is -0.512. The lowest BCUT2D eigenvalue weighted by molar-refractivity contribution is -0.139. The number of piperidine rings is 1. The Kier molecular flexibility index (Phi) is 5.75. The van der Waals surface area contributed by atoms with Crippen molar-refractivity contribution in [1.82, 2.24) is 15.2 Å². The number of rotatable bonds is 6.